The lowest BCUT2D eigenvalue weighted by atomic mass is 9.79. The van der Waals surface area contributed by atoms with E-state index in [1.807, 2.05) is 36.0 Å². The first-order valence-electron chi connectivity index (χ1n) is 12.1. The highest BCUT2D eigenvalue weighted by atomic mass is 35.5. The zero-order valence-electron chi connectivity index (χ0n) is 21.2. The van der Waals surface area contributed by atoms with Crippen molar-refractivity contribution in [1.29, 1.82) is 0 Å². The number of likely N-dealkylation sites (tertiary alicyclic amines) is 1. The molecule has 37 heavy (non-hydrogen) atoms. The van der Waals surface area contributed by atoms with Crippen LogP contribution in [0.3, 0.4) is 0 Å². The van der Waals surface area contributed by atoms with E-state index in [0.717, 1.165) is 60.4 Å². The van der Waals surface area contributed by atoms with E-state index in [-0.39, 0.29) is 36.7 Å². The molecule has 1 N–H and O–H groups in total. The van der Waals surface area contributed by atoms with Gasteiger partial charge in [0.25, 0.3) is 0 Å². The number of methoxy groups -OCH3 is 2. The summed E-state index contributed by atoms with van der Waals surface area (Å²) in [5, 5.41) is 14.1. The minimum absolute atomic E-state index is 0. The molecule has 204 valence electrons. The molecule has 0 amide bonds. The van der Waals surface area contributed by atoms with E-state index in [2.05, 4.69) is 27.4 Å². The van der Waals surface area contributed by atoms with Crippen LogP contribution in [0.5, 0.6) is 5.75 Å². The summed E-state index contributed by atoms with van der Waals surface area (Å²) in [6.07, 6.45) is 4.14. The van der Waals surface area contributed by atoms with Crippen molar-refractivity contribution >= 4 is 64.8 Å². The van der Waals surface area contributed by atoms with Gasteiger partial charge in [0.1, 0.15) is 5.75 Å². The van der Waals surface area contributed by atoms with Gasteiger partial charge in [-0.15, -0.1) is 47.9 Å². The van der Waals surface area contributed by atoms with Gasteiger partial charge in [0.15, 0.2) is 0 Å². The van der Waals surface area contributed by atoms with Gasteiger partial charge in [-0.1, -0.05) is 6.07 Å². The van der Waals surface area contributed by atoms with E-state index in [0.29, 0.717) is 18.8 Å². The van der Waals surface area contributed by atoms with Crippen molar-refractivity contribution in [3.63, 3.8) is 0 Å². The van der Waals surface area contributed by atoms with Crippen molar-refractivity contribution in [1.82, 2.24) is 9.88 Å². The van der Waals surface area contributed by atoms with Crippen molar-refractivity contribution in [3.05, 3.63) is 53.5 Å². The Kier molecular flexibility index (Phi) is 13.5. The number of piperidine rings is 1. The molecule has 3 aromatic rings. The Bertz CT molecular complexity index is 1100. The van der Waals surface area contributed by atoms with Crippen LogP contribution in [0.2, 0.25) is 0 Å². The molecule has 3 heterocycles. The number of rotatable bonds is 11. The average molecular weight is 588 g/mol. The zero-order chi connectivity index (χ0) is 24.6. The maximum Gasteiger partial charge on any atom is 0.305 e. The molecule has 1 aromatic carbocycles. The summed E-state index contributed by atoms with van der Waals surface area (Å²) in [6, 6.07) is 11.9. The third kappa shape index (κ3) is 8.73. The number of aliphatic hydroxyl groups excluding tert-OH is 1. The molecule has 10 heteroatoms. The molecule has 2 aromatic heterocycles. The summed E-state index contributed by atoms with van der Waals surface area (Å²) in [5.74, 6) is 2.27. The molecule has 0 radical (unpaired) electrons. The fourth-order valence-corrected chi connectivity index (χ4v) is 6.84. The molecular formula is C27H36Cl2N2O4S2. The Balaban J connectivity index is 0.00000241. The van der Waals surface area contributed by atoms with Crippen molar-refractivity contribution in [2.45, 2.75) is 36.0 Å². The minimum atomic E-state index is -0.591. The van der Waals surface area contributed by atoms with E-state index in [4.69, 9.17) is 9.47 Å². The van der Waals surface area contributed by atoms with Crippen LogP contribution in [-0.2, 0) is 9.53 Å². The lowest BCUT2D eigenvalue weighted by Crippen LogP contribution is -2.42. The maximum absolute atomic E-state index is 12.2. The van der Waals surface area contributed by atoms with E-state index in [1.165, 1.54) is 11.3 Å². The van der Waals surface area contributed by atoms with Crippen LogP contribution < -0.4 is 4.74 Å². The number of hydrogen-bond acceptors (Lipinski definition) is 8. The Morgan fingerprint density at radius 1 is 1.24 bits per heavy atom. The number of carbonyl (C=O) groups excluding carboxylic acids is 1. The monoisotopic (exact) mass is 586 g/mol. The van der Waals surface area contributed by atoms with Gasteiger partial charge in [0.05, 0.1) is 30.0 Å². The van der Waals surface area contributed by atoms with Gasteiger partial charge in [-0.05, 0) is 78.9 Å². The molecule has 1 saturated heterocycles. The predicted molar refractivity (Wildman–Crippen MR) is 157 cm³/mol. The van der Waals surface area contributed by atoms with Crippen LogP contribution >= 0.6 is 47.9 Å². The number of esters is 1. The number of ether oxygens (including phenoxy) is 2. The van der Waals surface area contributed by atoms with Gasteiger partial charge in [-0.2, -0.15) is 0 Å². The Morgan fingerprint density at radius 2 is 2.08 bits per heavy atom. The summed E-state index contributed by atoms with van der Waals surface area (Å²) in [5.41, 5.74) is 1.72. The van der Waals surface area contributed by atoms with Crippen molar-refractivity contribution in [2.75, 3.05) is 39.6 Å². The largest absolute Gasteiger partial charge is 0.497 e. The number of halogens is 2. The number of fused-ring (bicyclic) bond motifs is 1. The highest BCUT2D eigenvalue weighted by Crippen LogP contribution is 2.35. The standard InChI is InChI=1S/C27H34N2O4S2.2ClH/c1-32-21-6-7-24-23(17-21)22(9-11-28-24)25(30)8-5-19-10-12-29(18-20(19)16-26(31)33-2)13-15-35-27-4-3-14-34-27;;/h3-4,6-7,9,11,14,17,19-20,25,30H,5,8,10,12-13,15-16,18H2,1-2H3;2*1H/t19-,20+,25?;;/m1../s1. The SMILES string of the molecule is COC(=O)C[C@H]1CN(CCSc2cccs2)CC[C@H]1CCC(O)c1ccnc2ccc(OC)cc12.Cl.Cl. The second-order valence-corrected chi connectivity index (χ2v) is 11.4. The van der Waals surface area contributed by atoms with Gasteiger partial charge in [0, 0.05) is 36.8 Å². The number of nitrogens with zero attached hydrogens (tertiary/aromatic N) is 2. The van der Waals surface area contributed by atoms with E-state index in [1.54, 1.807) is 24.6 Å². The number of pyridine rings is 1. The lowest BCUT2D eigenvalue weighted by Gasteiger charge is -2.38. The summed E-state index contributed by atoms with van der Waals surface area (Å²) in [4.78, 5) is 19.1. The second-order valence-electron chi connectivity index (χ2n) is 9.05. The first-order chi connectivity index (χ1) is 17.1. The topological polar surface area (TPSA) is 71.9 Å². The van der Waals surface area contributed by atoms with Gasteiger partial charge in [-0.3, -0.25) is 9.78 Å². The quantitative estimate of drug-likeness (QED) is 0.210. The smallest absolute Gasteiger partial charge is 0.305 e. The second kappa shape index (κ2) is 15.8. The third-order valence-electron chi connectivity index (χ3n) is 6.93. The summed E-state index contributed by atoms with van der Waals surface area (Å²) in [7, 11) is 3.10. The molecule has 1 aliphatic heterocycles. The van der Waals surface area contributed by atoms with Crippen LogP contribution in [0.25, 0.3) is 10.9 Å². The van der Waals surface area contributed by atoms with E-state index < -0.39 is 6.10 Å². The normalized spacial score (nSPS) is 18.5. The first-order valence-corrected chi connectivity index (χ1v) is 14.0. The lowest BCUT2D eigenvalue weighted by molar-refractivity contribution is -0.142. The number of thioether (sulfide) groups is 1. The molecule has 3 atom stereocenters. The number of carbonyl (C=O) groups is 1. The number of benzene rings is 1. The highest BCUT2D eigenvalue weighted by molar-refractivity contribution is 8.01. The van der Waals surface area contributed by atoms with Crippen LogP contribution in [0, 0.1) is 11.8 Å². The molecule has 4 rings (SSSR count). The van der Waals surface area contributed by atoms with Crippen LogP contribution in [0.1, 0.15) is 37.4 Å². The van der Waals surface area contributed by atoms with Gasteiger partial charge >= 0.3 is 5.97 Å². The van der Waals surface area contributed by atoms with Crippen molar-refractivity contribution < 1.29 is 19.4 Å². The van der Waals surface area contributed by atoms with Crippen LogP contribution in [0.15, 0.2) is 52.2 Å². The fourth-order valence-electron chi connectivity index (χ4n) is 4.98. The van der Waals surface area contributed by atoms with Gasteiger partial charge < -0.3 is 19.5 Å². The molecule has 0 spiro atoms. The molecule has 0 saturated carbocycles. The first kappa shape index (κ1) is 31.7. The number of aliphatic hydroxyl groups is 1. The molecule has 1 fully saturated rings. The maximum atomic E-state index is 12.2. The Hall–Kier alpha value is -1.55. The highest BCUT2D eigenvalue weighted by Gasteiger charge is 2.31. The summed E-state index contributed by atoms with van der Waals surface area (Å²) in [6.45, 7) is 2.94. The van der Waals surface area contributed by atoms with E-state index >= 15 is 0 Å². The Morgan fingerprint density at radius 3 is 2.81 bits per heavy atom. The molecule has 6 nitrogen and oxygen atoms in total. The minimum Gasteiger partial charge on any atom is -0.497 e. The molecule has 1 unspecified atom stereocenters. The molecule has 0 aliphatic carbocycles. The van der Waals surface area contributed by atoms with Crippen LogP contribution in [-0.4, -0.2) is 60.6 Å². The number of aromatic nitrogens is 1. The fraction of sp³-hybridized carbons (Fsp3) is 0.481. The summed E-state index contributed by atoms with van der Waals surface area (Å²) >= 11 is 3.68. The average Bonchev–Trinajstić information content (AvgIpc) is 3.40. The third-order valence-corrected chi connectivity index (χ3v) is 9.04. The van der Waals surface area contributed by atoms with Crippen molar-refractivity contribution in [3.8, 4) is 5.75 Å². The molecule has 1 aliphatic rings. The Labute approximate surface area is 240 Å². The number of thiophene rings is 1. The number of hydrogen-bond donors (Lipinski definition) is 1. The summed E-state index contributed by atoms with van der Waals surface area (Å²) < 4.78 is 11.7. The van der Waals surface area contributed by atoms with Crippen LogP contribution in [0.4, 0.5) is 0 Å². The van der Waals surface area contributed by atoms with E-state index in [9.17, 15) is 9.90 Å². The zero-order valence-corrected chi connectivity index (χ0v) is 24.5. The molecule has 0 bridgehead atoms. The molecular weight excluding hydrogens is 551 g/mol. The van der Waals surface area contributed by atoms with Gasteiger partial charge in [-0.25, -0.2) is 0 Å². The van der Waals surface area contributed by atoms with Gasteiger partial charge in [0.2, 0.25) is 0 Å². The predicted octanol–water partition coefficient (Wildman–Crippen LogP) is 6.26. The van der Waals surface area contributed by atoms with Crippen molar-refractivity contribution in [2.24, 2.45) is 11.8 Å².